The molecule has 5 aromatic rings. The van der Waals surface area contributed by atoms with Crippen LogP contribution >= 0.6 is 0 Å². The van der Waals surface area contributed by atoms with Gasteiger partial charge in [0.15, 0.2) is 17.3 Å². The van der Waals surface area contributed by atoms with E-state index in [1.165, 1.54) is 0 Å². The Kier molecular flexibility index (Phi) is 4.99. The van der Waals surface area contributed by atoms with Crippen molar-refractivity contribution in [2.75, 3.05) is 19.5 Å². The number of ether oxygens (including phenoxy) is 3. The Morgan fingerprint density at radius 2 is 1.59 bits per heavy atom. The molecule has 0 aliphatic carbocycles. The zero-order valence-corrected chi connectivity index (χ0v) is 18.0. The molecule has 0 saturated heterocycles. The molecule has 3 aromatic carbocycles. The van der Waals surface area contributed by atoms with Gasteiger partial charge in [0.1, 0.15) is 11.5 Å². The summed E-state index contributed by atoms with van der Waals surface area (Å²) in [4.78, 5) is 4.44. The Hall–Kier alpha value is -4.26. The summed E-state index contributed by atoms with van der Waals surface area (Å²) in [7, 11) is 5.13. The standard InChI is InChI=1S/C25H22N4O3/c1-29-21-13-17(9-10-18(21)25(28-29)27-16-7-5-4-6-8-16)32-22-11-12-26-20-15-24(31-3)23(30-2)14-19(20)22/h4-15H,1-3H3,(H,27,28). The van der Waals surface area contributed by atoms with Crippen LogP contribution in [0.3, 0.4) is 0 Å². The number of pyridine rings is 1. The van der Waals surface area contributed by atoms with Crippen molar-refractivity contribution < 1.29 is 14.2 Å². The van der Waals surface area contributed by atoms with E-state index < -0.39 is 0 Å². The average Bonchev–Trinajstić information content (AvgIpc) is 3.13. The normalized spacial score (nSPS) is 11.0. The number of hydrogen-bond donors (Lipinski definition) is 1. The molecule has 7 heteroatoms. The van der Waals surface area contributed by atoms with Crippen LogP contribution in [-0.4, -0.2) is 29.0 Å². The molecule has 2 heterocycles. The van der Waals surface area contributed by atoms with Gasteiger partial charge in [-0.15, -0.1) is 0 Å². The lowest BCUT2D eigenvalue weighted by Crippen LogP contribution is -1.94. The Morgan fingerprint density at radius 1 is 0.812 bits per heavy atom. The molecule has 0 atom stereocenters. The van der Waals surface area contributed by atoms with E-state index in [1.807, 2.05) is 78.5 Å². The largest absolute Gasteiger partial charge is 0.493 e. The Bertz CT molecular complexity index is 1410. The van der Waals surface area contributed by atoms with Crippen LogP contribution in [0.4, 0.5) is 11.5 Å². The van der Waals surface area contributed by atoms with E-state index in [1.54, 1.807) is 20.4 Å². The van der Waals surface area contributed by atoms with Gasteiger partial charge in [-0.05, 0) is 36.4 Å². The molecule has 2 aromatic heterocycles. The minimum Gasteiger partial charge on any atom is -0.493 e. The van der Waals surface area contributed by atoms with E-state index in [0.717, 1.165) is 33.3 Å². The maximum Gasteiger partial charge on any atom is 0.162 e. The molecule has 160 valence electrons. The van der Waals surface area contributed by atoms with Gasteiger partial charge in [-0.3, -0.25) is 9.67 Å². The van der Waals surface area contributed by atoms with Crippen LogP contribution in [0, 0.1) is 0 Å². The first-order chi connectivity index (χ1) is 15.7. The number of para-hydroxylation sites is 1. The smallest absolute Gasteiger partial charge is 0.162 e. The summed E-state index contributed by atoms with van der Waals surface area (Å²) in [6, 6.07) is 21.5. The number of benzene rings is 3. The number of fused-ring (bicyclic) bond motifs is 2. The molecule has 0 aliphatic heterocycles. The lowest BCUT2D eigenvalue weighted by molar-refractivity contribution is 0.355. The monoisotopic (exact) mass is 426 g/mol. The number of anilines is 2. The molecular formula is C25H22N4O3. The molecule has 7 nitrogen and oxygen atoms in total. The van der Waals surface area contributed by atoms with E-state index >= 15 is 0 Å². The van der Waals surface area contributed by atoms with Crippen LogP contribution in [0.15, 0.2) is 72.9 Å². The second kappa shape index (κ2) is 8.11. The van der Waals surface area contributed by atoms with Crippen LogP contribution in [-0.2, 0) is 7.05 Å². The van der Waals surface area contributed by atoms with E-state index in [0.29, 0.717) is 23.0 Å². The van der Waals surface area contributed by atoms with Gasteiger partial charge in [0.25, 0.3) is 0 Å². The van der Waals surface area contributed by atoms with E-state index in [9.17, 15) is 0 Å². The van der Waals surface area contributed by atoms with Crippen LogP contribution < -0.4 is 19.5 Å². The molecule has 1 N–H and O–H groups in total. The summed E-state index contributed by atoms with van der Waals surface area (Å²) >= 11 is 0. The first kappa shape index (κ1) is 19.7. The van der Waals surface area contributed by atoms with E-state index in [4.69, 9.17) is 14.2 Å². The van der Waals surface area contributed by atoms with Crippen LogP contribution in [0.25, 0.3) is 21.8 Å². The number of aromatic nitrogens is 3. The lowest BCUT2D eigenvalue weighted by Gasteiger charge is -2.12. The van der Waals surface area contributed by atoms with Crippen molar-refractivity contribution in [3.63, 3.8) is 0 Å². The number of methoxy groups -OCH3 is 2. The molecule has 0 bridgehead atoms. The van der Waals surface area contributed by atoms with Crippen molar-refractivity contribution in [1.82, 2.24) is 14.8 Å². The van der Waals surface area contributed by atoms with Crippen LogP contribution in [0.2, 0.25) is 0 Å². The summed E-state index contributed by atoms with van der Waals surface area (Å²) in [5.41, 5.74) is 2.70. The fourth-order valence-corrected chi connectivity index (χ4v) is 3.71. The maximum absolute atomic E-state index is 6.26. The highest BCUT2D eigenvalue weighted by molar-refractivity contribution is 5.93. The SMILES string of the molecule is COc1cc2nccc(Oc3ccc4c(Nc5ccccc5)nn(C)c4c3)c2cc1OC. The van der Waals surface area contributed by atoms with Gasteiger partial charge in [-0.25, -0.2) is 0 Å². The second-order valence-corrected chi connectivity index (χ2v) is 7.28. The first-order valence-corrected chi connectivity index (χ1v) is 10.1. The molecule has 0 amide bonds. The molecule has 0 fully saturated rings. The zero-order valence-electron chi connectivity index (χ0n) is 18.0. The molecule has 0 spiro atoms. The van der Waals surface area contributed by atoms with Crippen molar-refractivity contribution >= 4 is 33.3 Å². The van der Waals surface area contributed by atoms with Gasteiger partial charge in [0.2, 0.25) is 0 Å². The van der Waals surface area contributed by atoms with Gasteiger partial charge >= 0.3 is 0 Å². The summed E-state index contributed by atoms with van der Waals surface area (Å²) in [6.07, 6.45) is 1.72. The first-order valence-electron chi connectivity index (χ1n) is 10.1. The Labute approximate surface area is 185 Å². The fourth-order valence-electron chi connectivity index (χ4n) is 3.71. The van der Waals surface area contributed by atoms with Gasteiger partial charge in [-0.1, -0.05) is 18.2 Å². The van der Waals surface area contributed by atoms with Crippen molar-refractivity contribution in [3.8, 4) is 23.0 Å². The Balaban J connectivity index is 1.51. The predicted molar refractivity (Wildman–Crippen MR) is 125 cm³/mol. The number of rotatable bonds is 6. The van der Waals surface area contributed by atoms with Crippen molar-refractivity contribution in [3.05, 3.63) is 72.9 Å². The van der Waals surface area contributed by atoms with Gasteiger partial charge < -0.3 is 19.5 Å². The van der Waals surface area contributed by atoms with Gasteiger partial charge in [0.05, 0.1) is 25.3 Å². The molecule has 32 heavy (non-hydrogen) atoms. The van der Waals surface area contributed by atoms with Crippen LogP contribution in [0.5, 0.6) is 23.0 Å². The molecular weight excluding hydrogens is 404 g/mol. The third-order valence-corrected chi connectivity index (χ3v) is 5.29. The van der Waals surface area contributed by atoms with Crippen molar-refractivity contribution in [1.29, 1.82) is 0 Å². The minimum atomic E-state index is 0.622. The summed E-state index contributed by atoms with van der Waals surface area (Å²) < 4.78 is 18.9. The highest BCUT2D eigenvalue weighted by atomic mass is 16.5. The summed E-state index contributed by atoms with van der Waals surface area (Å²) in [5.74, 6) is 3.43. The van der Waals surface area contributed by atoms with E-state index in [-0.39, 0.29) is 0 Å². The molecule has 0 radical (unpaired) electrons. The number of nitrogens with one attached hydrogen (secondary N) is 1. The lowest BCUT2D eigenvalue weighted by atomic mass is 10.1. The molecule has 0 aliphatic rings. The number of hydrogen-bond acceptors (Lipinski definition) is 6. The summed E-state index contributed by atoms with van der Waals surface area (Å²) in [5, 5.41) is 9.86. The Morgan fingerprint density at radius 3 is 2.38 bits per heavy atom. The van der Waals surface area contributed by atoms with Gasteiger partial charge in [-0.2, -0.15) is 5.10 Å². The van der Waals surface area contributed by atoms with Crippen molar-refractivity contribution in [2.24, 2.45) is 7.05 Å². The highest BCUT2D eigenvalue weighted by Crippen LogP contribution is 2.37. The van der Waals surface area contributed by atoms with Crippen molar-refractivity contribution in [2.45, 2.75) is 0 Å². The maximum atomic E-state index is 6.26. The zero-order chi connectivity index (χ0) is 22.1. The minimum absolute atomic E-state index is 0.622. The number of nitrogens with zero attached hydrogens (tertiary/aromatic N) is 3. The average molecular weight is 426 g/mol. The predicted octanol–water partition coefficient (Wildman–Crippen LogP) is 5.67. The van der Waals surface area contributed by atoms with Crippen LogP contribution in [0.1, 0.15) is 0 Å². The summed E-state index contributed by atoms with van der Waals surface area (Å²) in [6.45, 7) is 0. The molecule has 5 rings (SSSR count). The highest BCUT2D eigenvalue weighted by Gasteiger charge is 2.13. The third kappa shape index (κ3) is 3.54. The third-order valence-electron chi connectivity index (χ3n) is 5.29. The number of aryl methyl sites for hydroxylation is 1. The topological polar surface area (TPSA) is 70.4 Å². The quantitative estimate of drug-likeness (QED) is 0.377. The van der Waals surface area contributed by atoms with Gasteiger partial charge in [0, 0.05) is 41.8 Å². The molecule has 0 unspecified atom stereocenters. The molecule has 0 saturated carbocycles. The second-order valence-electron chi connectivity index (χ2n) is 7.28. The van der Waals surface area contributed by atoms with E-state index in [2.05, 4.69) is 15.4 Å². The fraction of sp³-hybridized carbons (Fsp3) is 0.120.